The van der Waals surface area contributed by atoms with Gasteiger partial charge in [-0.25, -0.2) is 4.98 Å². The number of likely N-dealkylation sites (N-methyl/N-ethyl adjacent to an activating group) is 1. The molecule has 1 aromatic carbocycles. The summed E-state index contributed by atoms with van der Waals surface area (Å²) in [5.74, 6) is 1.72. The minimum Gasteiger partial charge on any atom is -0.354 e. The number of piperazine rings is 1. The highest BCUT2D eigenvalue weighted by Crippen LogP contribution is 2.19. The van der Waals surface area contributed by atoms with Crippen molar-refractivity contribution in [1.29, 1.82) is 0 Å². The molecule has 1 aliphatic rings. The third-order valence-electron chi connectivity index (χ3n) is 4.96. The van der Waals surface area contributed by atoms with Crippen LogP contribution >= 0.6 is 0 Å². The molecule has 0 atom stereocenters. The van der Waals surface area contributed by atoms with Crippen molar-refractivity contribution in [1.82, 2.24) is 15.2 Å². The van der Waals surface area contributed by atoms with E-state index in [4.69, 9.17) is 0 Å². The van der Waals surface area contributed by atoms with Gasteiger partial charge in [-0.2, -0.15) is 0 Å². The quantitative estimate of drug-likeness (QED) is 0.876. The zero-order chi connectivity index (χ0) is 17.6. The lowest BCUT2D eigenvalue weighted by molar-refractivity contribution is 0.311. The van der Waals surface area contributed by atoms with Crippen LogP contribution in [0.5, 0.6) is 0 Å². The highest BCUT2D eigenvalue weighted by molar-refractivity contribution is 5.47. The van der Waals surface area contributed by atoms with E-state index in [1.165, 1.54) is 16.7 Å². The van der Waals surface area contributed by atoms with E-state index in [0.717, 1.165) is 45.1 Å². The van der Waals surface area contributed by atoms with Crippen LogP contribution in [0.4, 0.5) is 5.82 Å². The fourth-order valence-electron chi connectivity index (χ4n) is 3.23. The Labute approximate surface area is 151 Å². The summed E-state index contributed by atoms with van der Waals surface area (Å²) < 4.78 is 0. The minimum atomic E-state index is 0.587. The maximum Gasteiger partial charge on any atom is 0.133 e. The number of pyridine rings is 1. The van der Waals surface area contributed by atoms with Crippen molar-refractivity contribution < 1.29 is 0 Å². The Hall–Kier alpha value is -1.91. The van der Waals surface area contributed by atoms with Gasteiger partial charge in [-0.1, -0.05) is 44.2 Å². The molecule has 0 saturated carbocycles. The number of rotatable bonds is 6. The van der Waals surface area contributed by atoms with Gasteiger partial charge < -0.3 is 15.1 Å². The molecule has 134 valence electrons. The third-order valence-corrected chi connectivity index (χ3v) is 4.96. The molecule has 1 aliphatic heterocycles. The maximum atomic E-state index is 4.65. The summed E-state index contributed by atoms with van der Waals surface area (Å²) in [7, 11) is 2.18. The molecule has 2 heterocycles. The van der Waals surface area contributed by atoms with E-state index in [1.54, 1.807) is 0 Å². The lowest BCUT2D eigenvalue weighted by atomic mass is 10.0. The second-order valence-corrected chi connectivity index (χ2v) is 7.28. The van der Waals surface area contributed by atoms with Gasteiger partial charge in [-0.3, -0.25) is 0 Å². The van der Waals surface area contributed by atoms with Gasteiger partial charge in [-0.05, 0) is 30.2 Å². The predicted molar refractivity (Wildman–Crippen MR) is 105 cm³/mol. The number of benzene rings is 1. The van der Waals surface area contributed by atoms with Crippen LogP contribution in [-0.2, 0) is 13.1 Å². The summed E-state index contributed by atoms with van der Waals surface area (Å²) >= 11 is 0. The van der Waals surface area contributed by atoms with Gasteiger partial charge >= 0.3 is 0 Å². The Kier molecular flexibility index (Phi) is 6.05. The number of nitrogens with one attached hydrogen (secondary N) is 1. The molecule has 1 aromatic heterocycles. The van der Waals surface area contributed by atoms with Crippen LogP contribution in [0.1, 0.15) is 36.5 Å². The van der Waals surface area contributed by atoms with E-state index in [0.29, 0.717) is 5.92 Å². The van der Waals surface area contributed by atoms with E-state index in [1.807, 2.05) is 12.3 Å². The molecule has 4 heteroatoms. The Morgan fingerprint density at radius 3 is 2.40 bits per heavy atom. The van der Waals surface area contributed by atoms with Gasteiger partial charge in [0.2, 0.25) is 0 Å². The number of aromatic nitrogens is 1. The summed E-state index contributed by atoms with van der Waals surface area (Å²) in [5.41, 5.74) is 4.01. The number of hydrogen-bond acceptors (Lipinski definition) is 4. The Morgan fingerprint density at radius 2 is 1.72 bits per heavy atom. The monoisotopic (exact) mass is 338 g/mol. The summed E-state index contributed by atoms with van der Waals surface area (Å²) in [6.45, 7) is 10.5. The lowest BCUT2D eigenvalue weighted by Gasteiger charge is -2.34. The first-order valence-electron chi connectivity index (χ1n) is 9.30. The molecule has 3 rings (SSSR count). The van der Waals surface area contributed by atoms with Crippen molar-refractivity contribution in [2.24, 2.45) is 0 Å². The SMILES string of the molecule is CC(C)c1ccc(CNCc2cccnc2N2CCN(C)CC2)cc1. The van der Waals surface area contributed by atoms with Crippen molar-refractivity contribution in [2.75, 3.05) is 38.1 Å². The summed E-state index contributed by atoms with van der Waals surface area (Å²) in [4.78, 5) is 9.44. The largest absolute Gasteiger partial charge is 0.354 e. The molecule has 1 saturated heterocycles. The molecule has 1 fully saturated rings. The summed E-state index contributed by atoms with van der Waals surface area (Å²) in [5, 5.41) is 3.58. The Balaban J connectivity index is 1.58. The van der Waals surface area contributed by atoms with E-state index in [9.17, 15) is 0 Å². The zero-order valence-electron chi connectivity index (χ0n) is 15.7. The fourth-order valence-corrected chi connectivity index (χ4v) is 3.23. The number of nitrogens with zero attached hydrogens (tertiary/aromatic N) is 3. The van der Waals surface area contributed by atoms with Crippen LogP contribution in [0.15, 0.2) is 42.6 Å². The second-order valence-electron chi connectivity index (χ2n) is 7.28. The Morgan fingerprint density at radius 1 is 1.00 bits per heavy atom. The summed E-state index contributed by atoms with van der Waals surface area (Å²) in [6, 6.07) is 13.2. The molecular weight excluding hydrogens is 308 g/mol. The highest BCUT2D eigenvalue weighted by atomic mass is 15.3. The first-order chi connectivity index (χ1) is 12.1. The van der Waals surface area contributed by atoms with E-state index < -0.39 is 0 Å². The topological polar surface area (TPSA) is 31.4 Å². The maximum absolute atomic E-state index is 4.65. The van der Waals surface area contributed by atoms with Gasteiger partial charge in [0.15, 0.2) is 0 Å². The van der Waals surface area contributed by atoms with Gasteiger partial charge in [0.25, 0.3) is 0 Å². The first kappa shape index (κ1) is 17.9. The average molecular weight is 338 g/mol. The van der Waals surface area contributed by atoms with Crippen LogP contribution in [0.3, 0.4) is 0 Å². The van der Waals surface area contributed by atoms with Crippen LogP contribution < -0.4 is 10.2 Å². The van der Waals surface area contributed by atoms with Crippen molar-refractivity contribution in [3.63, 3.8) is 0 Å². The zero-order valence-corrected chi connectivity index (χ0v) is 15.7. The summed E-state index contributed by atoms with van der Waals surface area (Å²) in [6.07, 6.45) is 1.90. The number of hydrogen-bond donors (Lipinski definition) is 1. The molecule has 25 heavy (non-hydrogen) atoms. The van der Waals surface area contributed by atoms with Crippen LogP contribution in [0.25, 0.3) is 0 Å². The highest BCUT2D eigenvalue weighted by Gasteiger charge is 2.17. The standard InChI is InChI=1S/C21H30N4/c1-17(2)19-8-6-18(7-9-19)15-22-16-20-5-4-10-23-21(20)25-13-11-24(3)12-14-25/h4-10,17,22H,11-16H2,1-3H3. The van der Waals surface area contributed by atoms with Gasteiger partial charge in [0, 0.05) is 51.0 Å². The second kappa shape index (κ2) is 8.45. The molecule has 1 N–H and O–H groups in total. The third kappa shape index (κ3) is 4.80. The van der Waals surface area contributed by atoms with Gasteiger partial charge in [-0.15, -0.1) is 0 Å². The van der Waals surface area contributed by atoms with Crippen molar-refractivity contribution in [3.8, 4) is 0 Å². The van der Waals surface area contributed by atoms with Crippen molar-refractivity contribution in [2.45, 2.75) is 32.9 Å². The Bertz CT molecular complexity index is 658. The fraction of sp³-hybridized carbons (Fsp3) is 0.476. The van der Waals surface area contributed by atoms with Crippen LogP contribution in [-0.4, -0.2) is 43.1 Å². The lowest BCUT2D eigenvalue weighted by Crippen LogP contribution is -2.45. The molecular formula is C21H30N4. The molecule has 0 radical (unpaired) electrons. The average Bonchev–Trinajstić information content (AvgIpc) is 2.63. The van der Waals surface area contributed by atoms with Crippen molar-refractivity contribution in [3.05, 3.63) is 59.3 Å². The molecule has 4 nitrogen and oxygen atoms in total. The van der Waals surface area contributed by atoms with Gasteiger partial charge in [0.05, 0.1) is 0 Å². The molecule has 0 unspecified atom stereocenters. The minimum absolute atomic E-state index is 0.587. The smallest absolute Gasteiger partial charge is 0.133 e. The molecule has 0 aliphatic carbocycles. The molecule has 0 spiro atoms. The molecule has 2 aromatic rings. The number of anilines is 1. The van der Waals surface area contributed by atoms with Crippen LogP contribution in [0, 0.1) is 0 Å². The van der Waals surface area contributed by atoms with E-state index in [-0.39, 0.29) is 0 Å². The predicted octanol–water partition coefficient (Wildman–Crippen LogP) is 3.25. The van der Waals surface area contributed by atoms with Crippen LogP contribution in [0.2, 0.25) is 0 Å². The van der Waals surface area contributed by atoms with Gasteiger partial charge in [0.1, 0.15) is 5.82 Å². The van der Waals surface area contributed by atoms with E-state index in [2.05, 4.69) is 71.3 Å². The first-order valence-corrected chi connectivity index (χ1v) is 9.30. The normalized spacial score (nSPS) is 15.8. The molecule has 0 bridgehead atoms. The van der Waals surface area contributed by atoms with E-state index >= 15 is 0 Å². The van der Waals surface area contributed by atoms with Crippen molar-refractivity contribution >= 4 is 5.82 Å². The molecule has 0 amide bonds.